The fourth-order valence-corrected chi connectivity index (χ4v) is 3.65. The molecule has 3 aromatic rings. The highest BCUT2D eigenvalue weighted by Crippen LogP contribution is 2.35. The number of rotatable bonds is 2. The summed E-state index contributed by atoms with van der Waals surface area (Å²) in [6, 6.07) is 4.38. The molecule has 0 saturated carbocycles. The number of aromatic nitrogens is 4. The Hall–Kier alpha value is -2.08. The van der Waals surface area contributed by atoms with Gasteiger partial charge in [0.1, 0.15) is 16.3 Å². The van der Waals surface area contributed by atoms with Gasteiger partial charge in [0.2, 0.25) is 0 Å². The summed E-state index contributed by atoms with van der Waals surface area (Å²) in [5.74, 6) is 0.975. The molecule has 0 spiro atoms. The van der Waals surface area contributed by atoms with Gasteiger partial charge in [-0.05, 0) is 31.4 Å². The molecule has 0 aromatic carbocycles. The summed E-state index contributed by atoms with van der Waals surface area (Å²) in [6.07, 6.45) is 8.84. The summed E-state index contributed by atoms with van der Waals surface area (Å²) in [7, 11) is 0. The van der Waals surface area contributed by atoms with Crippen LogP contribution in [0.2, 0.25) is 0 Å². The molecule has 21 heavy (non-hydrogen) atoms. The van der Waals surface area contributed by atoms with Gasteiger partial charge in [-0.3, -0.25) is 4.98 Å². The first kappa shape index (κ1) is 12.6. The molecule has 0 amide bonds. The molecule has 1 fully saturated rings. The van der Waals surface area contributed by atoms with E-state index in [2.05, 4.69) is 24.8 Å². The fraction of sp³-hybridized carbons (Fsp3) is 0.333. The first-order valence-electron chi connectivity index (χ1n) is 7.15. The first-order chi connectivity index (χ1) is 10.4. The molecule has 0 radical (unpaired) electrons. The van der Waals surface area contributed by atoms with Crippen LogP contribution in [0.4, 0.5) is 5.82 Å². The molecule has 106 valence electrons. The number of anilines is 1. The smallest absolute Gasteiger partial charge is 0.180 e. The molecule has 1 aliphatic rings. The van der Waals surface area contributed by atoms with Gasteiger partial charge in [-0.15, -0.1) is 11.3 Å². The molecule has 0 aliphatic carbocycles. The van der Waals surface area contributed by atoms with Crippen molar-refractivity contribution < 1.29 is 0 Å². The Kier molecular flexibility index (Phi) is 3.23. The predicted octanol–water partition coefficient (Wildman–Crippen LogP) is 3.21. The highest BCUT2D eigenvalue weighted by Gasteiger charge is 2.27. The summed E-state index contributed by atoms with van der Waals surface area (Å²) in [6.45, 7) is 1.02. The maximum Gasteiger partial charge on any atom is 0.180 e. The molecular formula is C15H15N5S. The van der Waals surface area contributed by atoms with E-state index in [-0.39, 0.29) is 0 Å². The van der Waals surface area contributed by atoms with Gasteiger partial charge in [0.15, 0.2) is 5.65 Å². The molecule has 0 bridgehead atoms. The number of fused-ring (bicyclic) bond motifs is 1. The zero-order valence-electron chi connectivity index (χ0n) is 11.5. The number of nitrogens with zero attached hydrogens (tertiary/aromatic N) is 5. The third-order valence-corrected chi connectivity index (χ3v) is 4.73. The molecule has 0 N–H and O–H groups in total. The van der Waals surface area contributed by atoms with Gasteiger partial charge >= 0.3 is 0 Å². The third-order valence-electron chi connectivity index (χ3n) is 3.85. The normalized spacial score (nSPS) is 19.0. The summed E-state index contributed by atoms with van der Waals surface area (Å²) < 4.78 is 0. The van der Waals surface area contributed by atoms with Gasteiger partial charge in [0.25, 0.3) is 0 Å². The lowest BCUT2D eigenvalue weighted by Crippen LogP contribution is -2.33. The van der Waals surface area contributed by atoms with Crippen LogP contribution in [-0.2, 0) is 0 Å². The average Bonchev–Trinajstić information content (AvgIpc) is 3.09. The molecule has 4 rings (SSSR count). The Morgan fingerprint density at radius 2 is 2.00 bits per heavy atom. The monoisotopic (exact) mass is 297 g/mol. The molecule has 1 atom stereocenters. The topological polar surface area (TPSA) is 54.8 Å². The minimum Gasteiger partial charge on any atom is -0.347 e. The highest BCUT2D eigenvalue weighted by atomic mass is 32.1. The number of thiazole rings is 1. The molecule has 3 aromatic heterocycles. The number of hydrogen-bond donors (Lipinski definition) is 0. The molecule has 4 heterocycles. The maximum absolute atomic E-state index is 4.69. The highest BCUT2D eigenvalue weighted by molar-refractivity contribution is 7.09. The van der Waals surface area contributed by atoms with E-state index in [4.69, 9.17) is 0 Å². The lowest BCUT2D eigenvalue weighted by atomic mass is 10.0. The van der Waals surface area contributed by atoms with Crippen molar-refractivity contribution in [1.82, 2.24) is 19.9 Å². The van der Waals surface area contributed by atoms with Gasteiger partial charge in [0, 0.05) is 30.5 Å². The van der Waals surface area contributed by atoms with Crippen LogP contribution >= 0.6 is 11.3 Å². The van der Waals surface area contributed by atoms with E-state index < -0.39 is 0 Å². The Balaban J connectivity index is 1.74. The summed E-state index contributed by atoms with van der Waals surface area (Å²) >= 11 is 1.72. The summed E-state index contributed by atoms with van der Waals surface area (Å²) in [5.41, 5.74) is 1.54. The second kappa shape index (κ2) is 5.37. The second-order valence-corrected chi connectivity index (χ2v) is 6.07. The lowest BCUT2D eigenvalue weighted by Gasteiger charge is -2.35. The van der Waals surface area contributed by atoms with Crippen LogP contribution in [0.3, 0.4) is 0 Å². The maximum atomic E-state index is 4.69. The van der Waals surface area contributed by atoms with E-state index in [1.165, 1.54) is 17.8 Å². The van der Waals surface area contributed by atoms with Gasteiger partial charge < -0.3 is 4.90 Å². The summed E-state index contributed by atoms with van der Waals surface area (Å²) in [5, 5.41) is 3.22. The first-order valence-corrected chi connectivity index (χ1v) is 8.03. The Labute approximate surface area is 126 Å². The standard InChI is InChI=1S/C15H15N5S/c1-2-9-20(12(3-1)15-18-8-10-21-15)13-5-4-11-14(19-13)17-7-6-16-11/h4-8,10,12H,1-3,9H2. The zero-order valence-corrected chi connectivity index (χ0v) is 12.3. The SMILES string of the molecule is c1csc(C2CCCCN2c2ccc3nccnc3n2)n1. The Morgan fingerprint density at radius 3 is 2.90 bits per heavy atom. The average molecular weight is 297 g/mol. The molecule has 1 unspecified atom stereocenters. The van der Waals surface area contributed by atoms with Crippen LogP contribution in [0.25, 0.3) is 11.2 Å². The van der Waals surface area contributed by atoms with Crippen molar-refractivity contribution in [3.63, 3.8) is 0 Å². The number of pyridine rings is 1. The van der Waals surface area contributed by atoms with Crippen molar-refractivity contribution >= 4 is 28.3 Å². The van der Waals surface area contributed by atoms with E-state index in [0.29, 0.717) is 11.7 Å². The lowest BCUT2D eigenvalue weighted by molar-refractivity contribution is 0.468. The van der Waals surface area contributed by atoms with Gasteiger partial charge in [-0.2, -0.15) is 0 Å². The van der Waals surface area contributed by atoms with Crippen molar-refractivity contribution in [2.24, 2.45) is 0 Å². The minimum absolute atomic E-state index is 0.334. The molecule has 1 aliphatic heterocycles. The van der Waals surface area contributed by atoms with E-state index in [9.17, 15) is 0 Å². The van der Waals surface area contributed by atoms with Crippen molar-refractivity contribution in [3.8, 4) is 0 Å². The van der Waals surface area contributed by atoms with Crippen molar-refractivity contribution in [1.29, 1.82) is 0 Å². The minimum atomic E-state index is 0.334. The van der Waals surface area contributed by atoms with Crippen LogP contribution < -0.4 is 4.90 Å². The van der Waals surface area contributed by atoms with E-state index in [1.54, 1.807) is 23.7 Å². The van der Waals surface area contributed by atoms with Crippen LogP contribution in [0.15, 0.2) is 36.1 Å². The largest absolute Gasteiger partial charge is 0.347 e. The quantitative estimate of drug-likeness (QED) is 0.727. The van der Waals surface area contributed by atoms with Gasteiger partial charge in [0.05, 0.1) is 6.04 Å². The Bertz CT molecular complexity index is 743. The second-order valence-electron chi connectivity index (χ2n) is 5.14. The number of piperidine rings is 1. The summed E-state index contributed by atoms with van der Waals surface area (Å²) in [4.78, 5) is 20.1. The van der Waals surface area contributed by atoms with Gasteiger partial charge in [-0.1, -0.05) is 0 Å². The van der Waals surface area contributed by atoms with Crippen LogP contribution in [-0.4, -0.2) is 26.5 Å². The Morgan fingerprint density at radius 1 is 1.05 bits per heavy atom. The predicted molar refractivity (Wildman–Crippen MR) is 83.4 cm³/mol. The molecule has 5 nitrogen and oxygen atoms in total. The van der Waals surface area contributed by atoms with Crippen molar-refractivity contribution in [3.05, 3.63) is 41.1 Å². The fourth-order valence-electron chi connectivity index (χ4n) is 2.87. The molecule has 1 saturated heterocycles. The van der Waals surface area contributed by atoms with E-state index in [0.717, 1.165) is 24.3 Å². The van der Waals surface area contributed by atoms with E-state index in [1.807, 2.05) is 23.7 Å². The number of hydrogen-bond acceptors (Lipinski definition) is 6. The van der Waals surface area contributed by atoms with Crippen molar-refractivity contribution in [2.75, 3.05) is 11.4 Å². The van der Waals surface area contributed by atoms with Gasteiger partial charge in [-0.25, -0.2) is 15.0 Å². The third kappa shape index (κ3) is 2.35. The van der Waals surface area contributed by atoms with Crippen LogP contribution in [0.1, 0.15) is 30.3 Å². The van der Waals surface area contributed by atoms with E-state index >= 15 is 0 Å². The zero-order chi connectivity index (χ0) is 14.1. The van der Waals surface area contributed by atoms with Crippen LogP contribution in [0.5, 0.6) is 0 Å². The molecule has 6 heteroatoms. The molecular weight excluding hydrogens is 282 g/mol. The van der Waals surface area contributed by atoms with Crippen molar-refractivity contribution in [2.45, 2.75) is 25.3 Å². The van der Waals surface area contributed by atoms with Crippen LogP contribution in [0, 0.1) is 0 Å².